The number of aromatic amines is 1. The van der Waals surface area contributed by atoms with E-state index in [9.17, 15) is 4.79 Å². The number of pyridine rings is 1. The zero-order valence-corrected chi connectivity index (χ0v) is 12.6. The molecule has 1 aromatic carbocycles. The molecule has 0 unspecified atom stereocenters. The summed E-state index contributed by atoms with van der Waals surface area (Å²) in [6.45, 7) is 1.90. The Labute approximate surface area is 130 Å². The molecular formula is C16H12N4OS. The van der Waals surface area contributed by atoms with Gasteiger partial charge in [0.1, 0.15) is 5.69 Å². The van der Waals surface area contributed by atoms with Crippen LogP contribution in [-0.4, -0.2) is 20.9 Å². The van der Waals surface area contributed by atoms with Crippen molar-refractivity contribution in [2.24, 2.45) is 0 Å². The number of thiazole rings is 1. The van der Waals surface area contributed by atoms with Crippen molar-refractivity contribution in [3.05, 3.63) is 53.3 Å². The minimum Gasteiger partial charge on any atom is -0.349 e. The van der Waals surface area contributed by atoms with Gasteiger partial charge in [0.2, 0.25) is 0 Å². The van der Waals surface area contributed by atoms with Crippen LogP contribution in [0.4, 0.5) is 5.13 Å². The minimum absolute atomic E-state index is 0.199. The number of carbonyl (C=O) groups is 1. The molecule has 4 rings (SSSR count). The fraction of sp³-hybridized carbons (Fsp3) is 0.0625. The van der Waals surface area contributed by atoms with Crippen molar-refractivity contribution in [2.45, 2.75) is 6.92 Å². The second kappa shape index (κ2) is 4.92. The zero-order valence-electron chi connectivity index (χ0n) is 11.8. The molecule has 0 radical (unpaired) electrons. The summed E-state index contributed by atoms with van der Waals surface area (Å²) in [5.74, 6) is -0.199. The Balaban J connectivity index is 1.75. The molecule has 0 bridgehead atoms. The van der Waals surface area contributed by atoms with E-state index < -0.39 is 0 Å². The number of carbonyl (C=O) groups excluding carboxylic acids is 1. The number of anilines is 1. The molecular weight excluding hydrogens is 296 g/mol. The Morgan fingerprint density at radius 2 is 2.14 bits per heavy atom. The number of H-pyrrole nitrogens is 1. The monoisotopic (exact) mass is 308 g/mol. The van der Waals surface area contributed by atoms with Crippen molar-refractivity contribution in [3.63, 3.8) is 0 Å². The molecule has 6 heteroatoms. The highest BCUT2D eigenvalue weighted by Gasteiger charge is 2.13. The summed E-state index contributed by atoms with van der Waals surface area (Å²) in [4.78, 5) is 24.1. The smallest absolute Gasteiger partial charge is 0.273 e. The molecule has 0 atom stereocenters. The molecule has 0 spiro atoms. The Kier molecular flexibility index (Phi) is 2.90. The topological polar surface area (TPSA) is 70.7 Å². The fourth-order valence-corrected chi connectivity index (χ4v) is 3.12. The van der Waals surface area contributed by atoms with Crippen LogP contribution >= 0.6 is 11.3 Å². The third kappa shape index (κ3) is 2.14. The van der Waals surface area contributed by atoms with Crippen LogP contribution in [0.5, 0.6) is 0 Å². The molecule has 1 amide bonds. The number of amides is 1. The number of hydrogen-bond donors (Lipinski definition) is 2. The standard InChI is InChI=1S/C16H12N4OS/c1-9-8-22-16(18-9)20-15(21)12-7-11-5-4-10-3-2-6-17-13(10)14(11)19-12/h2-8,19H,1H3,(H,18,20,21). The highest BCUT2D eigenvalue weighted by molar-refractivity contribution is 7.13. The van der Waals surface area contributed by atoms with E-state index in [1.54, 1.807) is 6.20 Å². The molecule has 0 aliphatic carbocycles. The lowest BCUT2D eigenvalue weighted by Gasteiger charge is -1.98. The first-order chi connectivity index (χ1) is 10.7. The number of nitrogens with zero attached hydrogens (tertiary/aromatic N) is 2. The molecule has 0 aliphatic rings. The summed E-state index contributed by atoms with van der Waals surface area (Å²) in [7, 11) is 0. The second-order valence-corrected chi connectivity index (χ2v) is 5.89. The molecule has 4 aromatic rings. The number of benzene rings is 1. The van der Waals surface area contributed by atoms with Crippen LogP contribution in [0, 0.1) is 6.92 Å². The number of fused-ring (bicyclic) bond motifs is 3. The first-order valence-electron chi connectivity index (χ1n) is 6.81. The van der Waals surface area contributed by atoms with Crippen molar-refractivity contribution in [1.82, 2.24) is 15.0 Å². The van der Waals surface area contributed by atoms with Gasteiger partial charge in [-0.05, 0) is 19.1 Å². The Hall–Kier alpha value is -2.73. The molecule has 22 heavy (non-hydrogen) atoms. The maximum Gasteiger partial charge on any atom is 0.273 e. The van der Waals surface area contributed by atoms with Crippen molar-refractivity contribution < 1.29 is 4.79 Å². The van der Waals surface area contributed by atoms with Crippen LogP contribution in [0.3, 0.4) is 0 Å². The number of aromatic nitrogens is 3. The average Bonchev–Trinajstić information content (AvgIpc) is 3.13. The summed E-state index contributed by atoms with van der Waals surface area (Å²) in [6, 6.07) is 9.72. The maximum absolute atomic E-state index is 12.3. The van der Waals surface area contributed by atoms with Gasteiger partial charge in [0.15, 0.2) is 5.13 Å². The van der Waals surface area contributed by atoms with Crippen LogP contribution in [0.25, 0.3) is 21.8 Å². The van der Waals surface area contributed by atoms with Crippen LogP contribution in [0.2, 0.25) is 0 Å². The molecule has 108 valence electrons. The average molecular weight is 308 g/mol. The molecule has 0 aliphatic heterocycles. The van der Waals surface area contributed by atoms with Crippen molar-refractivity contribution in [3.8, 4) is 0 Å². The number of rotatable bonds is 2. The van der Waals surface area contributed by atoms with E-state index in [2.05, 4.69) is 20.3 Å². The highest BCUT2D eigenvalue weighted by atomic mass is 32.1. The van der Waals surface area contributed by atoms with Gasteiger partial charge in [0, 0.05) is 22.3 Å². The SMILES string of the molecule is Cc1csc(NC(=O)c2cc3ccc4cccnc4c3[nH]2)n1. The summed E-state index contributed by atoms with van der Waals surface area (Å²) in [6.07, 6.45) is 1.75. The summed E-state index contributed by atoms with van der Waals surface area (Å²) in [5, 5.41) is 7.31. The van der Waals surface area contributed by atoms with Gasteiger partial charge in [0.05, 0.1) is 16.7 Å². The fourth-order valence-electron chi connectivity index (χ4n) is 2.44. The van der Waals surface area contributed by atoms with Crippen molar-refractivity contribution in [1.29, 1.82) is 0 Å². The third-order valence-electron chi connectivity index (χ3n) is 3.45. The van der Waals surface area contributed by atoms with Gasteiger partial charge >= 0.3 is 0 Å². The lowest BCUT2D eigenvalue weighted by Crippen LogP contribution is -2.11. The molecule has 3 aromatic heterocycles. The minimum atomic E-state index is -0.199. The molecule has 0 fully saturated rings. The van der Waals surface area contributed by atoms with Gasteiger partial charge < -0.3 is 4.98 Å². The van der Waals surface area contributed by atoms with E-state index in [-0.39, 0.29) is 5.91 Å². The lowest BCUT2D eigenvalue weighted by molar-refractivity contribution is 0.102. The van der Waals surface area contributed by atoms with Gasteiger partial charge in [-0.15, -0.1) is 11.3 Å². The van der Waals surface area contributed by atoms with E-state index in [0.29, 0.717) is 10.8 Å². The predicted octanol–water partition coefficient (Wildman–Crippen LogP) is 3.73. The highest BCUT2D eigenvalue weighted by Crippen LogP contribution is 2.24. The number of aryl methyl sites for hydroxylation is 1. The quantitative estimate of drug-likeness (QED) is 0.592. The second-order valence-electron chi connectivity index (χ2n) is 5.04. The summed E-state index contributed by atoms with van der Waals surface area (Å²) >= 11 is 1.41. The normalized spacial score (nSPS) is 11.1. The van der Waals surface area contributed by atoms with E-state index in [1.807, 2.05) is 42.6 Å². The predicted molar refractivity (Wildman–Crippen MR) is 88.4 cm³/mol. The molecule has 3 heterocycles. The van der Waals surface area contributed by atoms with Crippen LogP contribution < -0.4 is 5.32 Å². The Bertz CT molecular complexity index is 1000. The first kappa shape index (κ1) is 13.0. The van der Waals surface area contributed by atoms with E-state index in [0.717, 1.165) is 27.5 Å². The van der Waals surface area contributed by atoms with Gasteiger partial charge in [-0.2, -0.15) is 0 Å². The van der Waals surface area contributed by atoms with Gasteiger partial charge in [-0.25, -0.2) is 4.98 Å². The molecule has 0 saturated heterocycles. The van der Waals surface area contributed by atoms with Crippen LogP contribution in [0.15, 0.2) is 41.9 Å². The zero-order chi connectivity index (χ0) is 15.1. The van der Waals surface area contributed by atoms with E-state index in [4.69, 9.17) is 0 Å². The third-order valence-corrected chi connectivity index (χ3v) is 4.33. The van der Waals surface area contributed by atoms with Gasteiger partial charge in [-0.3, -0.25) is 15.1 Å². The Morgan fingerprint density at radius 1 is 1.27 bits per heavy atom. The first-order valence-corrected chi connectivity index (χ1v) is 7.68. The Morgan fingerprint density at radius 3 is 2.95 bits per heavy atom. The van der Waals surface area contributed by atoms with Crippen LogP contribution in [-0.2, 0) is 0 Å². The summed E-state index contributed by atoms with van der Waals surface area (Å²) in [5.41, 5.74) is 3.14. The number of nitrogens with one attached hydrogen (secondary N) is 2. The molecule has 2 N–H and O–H groups in total. The number of hydrogen-bond acceptors (Lipinski definition) is 4. The van der Waals surface area contributed by atoms with Crippen molar-refractivity contribution >= 4 is 44.2 Å². The van der Waals surface area contributed by atoms with Gasteiger partial charge in [-0.1, -0.05) is 18.2 Å². The molecule has 5 nitrogen and oxygen atoms in total. The largest absolute Gasteiger partial charge is 0.349 e. The van der Waals surface area contributed by atoms with Crippen LogP contribution in [0.1, 0.15) is 16.2 Å². The lowest BCUT2D eigenvalue weighted by atomic mass is 10.1. The maximum atomic E-state index is 12.3. The van der Waals surface area contributed by atoms with Crippen molar-refractivity contribution in [2.75, 3.05) is 5.32 Å². The van der Waals surface area contributed by atoms with Gasteiger partial charge in [0.25, 0.3) is 5.91 Å². The summed E-state index contributed by atoms with van der Waals surface area (Å²) < 4.78 is 0. The van der Waals surface area contributed by atoms with E-state index >= 15 is 0 Å². The molecule has 0 saturated carbocycles. The van der Waals surface area contributed by atoms with E-state index in [1.165, 1.54) is 11.3 Å².